The van der Waals surface area contributed by atoms with Crippen LogP contribution in [0.3, 0.4) is 0 Å². The Hall–Kier alpha value is -3.59. The number of nitrogens with one attached hydrogen (secondary N) is 1. The minimum Gasteiger partial charge on any atom is -0.268 e. The Balaban J connectivity index is 1.80. The average molecular weight is 372 g/mol. The van der Waals surface area contributed by atoms with Gasteiger partial charge < -0.3 is 0 Å². The van der Waals surface area contributed by atoms with E-state index in [0.717, 1.165) is 6.21 Å². The zero-order valence-corrected chi connectivity index (χ0v) is 13.8. The van der Waals surface area contributed by atoms with E-state index in [9.17, 15) is 19.7 Å². The lowest BCUT2D eigenvalue weighted by Gasteiger charge is -2.03. The molecule has 0 bridgehead atoms. The second-order valence-corrected chi connectivity index (χ2v) is 5.41. The summed E-state index contributed by atoms with van der Waals surface area (Å²) in [6, 6.07) is 10.0. The molecule has 0 radical (unpaired) electrons. The van der Waals surface area contributed by atoms with Gasteiger partial charge in [-0.3, -0.25) is 24.1 Å². The minimum absolute atomic E-state index is 0.0133. The molecule has 0 aliphatic rings. The predicted molar refractivity (Wildman–Crippen MR) is 94.6 cm³/mol. The minimum atomic E-state index is -0.596. The van der Waals surface area contributed by atoms with Crippen molar-refractivity contribution in [3.63, 3.8) is 0 Å². The van der Waals surface area contributed by atoms with E-state index < -0.39 is 16.4 Å². The number of benzene rings is 1. The molecule has 3 rings (SSSR count). The summed E-state index contributed by atoms with van der Waals surface area (Å²) in [7, 11) is 0. The number of hydrazone groups is 1. The van der Waals surface area contributed by atoms with Crippen LogP contribution >= 0.6 is 11.6 Å². The number of fused-ring (bicyclic) bond motifs is 1. The number of aromatic nitrogens is 2. The second kappa shape index (κ2) is 7.11. The van der Waals surface area contributed by atoms with Gasteiger partial charge in [0.25, 0.3) is 17.2 Å². The van der Waals surface area contributed by atoms with Crippen molar-refractivity contribution in [2.75, 3.05) is 0 Å². The molecule has 0 unspecified atom stereocenters. The first-order chi connectivity index (χ1) is 12.5. The topological polar surface area (TPSA) is 119 Å². The lowest BCUT2D eigenvalue weighted by atomic mass is 10.2. The van der Waals surface area contributed by atoms with Crippen molar-refractivity contribution >= 4 is 35.1 Å². The molecular weight excluding hydrogens is 362 g/mol. The van der Waals surface area contributed by atoms with Crippen molar-refractivity contribution in [2.45, 2.75) is 0 Å². The summed E-state index contributed by atoms with van der Waals surface area (Å²) in [5, 5.41) is 14.3. The summed E-state index contributed by atoms with van der Waals surface area (Å²) in [4.78, 5) is 38.4. The summed E-state index contributed by atoms with van der Waals surface area (Å²) in [5.41, 5.74) is 2.23. The number of carbonyl (C=O) groups excluding carboxylic acids is 1. The smallest absolute Gasteiger partial charge is 0.268 e. The van der Waals surface area contributed by atoms with Gasteiger partial charge in [0.15, 0.2) is 0 Å². The molecule has 26 heavy (non-hydrogen) atoms. The van der Waals surface area contributed by atoms with Crippen LogP contribution in [0.2, 0.25) is 5.15 Å². The number of pyridine rings is 1. The Bertz CT molecular complexity index is 1090. The second-order valence-electron chi connectivity index (χ2n) is 5.05. The Kier molecular flexibility index (Phi) is 4.72. The quantitative estimate of drug-likeness (QED) is 0.325. The third-order valence-corrected chi connectivity index (χ3v) is 3.71. The van der Waals surface area contributed by atoms with Gasteiger partial charge >= 0.3 is 0 Å². The first kappa shape index (κ1) is 17.2. The van der Waals surface area contributed by atoms with Crippen molar-refractivity contribution in [2.24, 2.45) is 5.10 Å². The first-order valence-corrected chi connectivity index (χ1v) is 7.60. The average Bonchev–Trinajstić information content (AvgIpc) is 2.64. The number of halogens is 1. The summed E-state index contributed by atoms with van der Waals surface area (Å²) in [6.07, 6.45) is 2.63. The molecule has 0 saturated carbocycles. The molecule has 0 aliphatic carbocycles. The van der Waals surface area contributed by atoms with Crippen molar-refractivity contribution < 1.29 is 9.72 Å². The number of nitro benzene ring substituents is 1. The van der Waals surface area contributed by atoms with Crippen molar-refractivity contribution in [1.29, 1.82) is 0 Å². The Morgan fingerprint density at radius 2 is 2.00 bits per heavy atom. The van der Waals surface area contributed by atoms with E-state index in [0.29, 0.717) is 5.65 Å². The first-order valence-electron chi connectivity index (χ1n) is 7.22. The maximum atomic E-state index is 12.4. The third-order valence-electron chi connectivity index (χ3n) is 3.42. The molecule has 10 heteroatoms. The normalized spacial score (nSPS) is 11.0. The van der Waals surface area contributed by atoms with Crippen LogP contribution < -0.4 is 11.0 Å². The number of non-ortho nitro benzene ring substituents is 1. The van der Waals surface area contributed by atoms with Crippen LogP contribution in [0.1, 0.15) is 15.9 Å². The highest BCUT2D eigenvalue weighted by Crippen LogP contribution is 2.12. The molecule has 1 amide bonds. The van der Waals surface area contributed by atoms with Crippen LogP contribution in [0, 0.1) is 10.1 Å². The standard InChI is InChI=1S/C16H10ClN5O4/c17-14-12(16(24)21-8-2-1-3-13(21)19-14)9-18-20-15(23)10-4-6-11(7-5-10)22(25)26/h1-9H,(H,20,23)/b18-9-. The van der Waals surface area contributed by atoms with Gasteiger partial charge in [-0.15, -0.1) is 0 Å². The summed E-state index contributed by atoms with van der Waals surface area (Å²) in [6.45, 7) is 0. The fraction of sp³-hybridized carbons (Fsp3) is 0. The SMILES string of the molecule is O=C(N/N=C\c1c(Cl)nc2ccccn2c1=O)c1ccc([N+](=O)[O-])cc1. The third kappa shape index (κ3) is 3.42. The monoisotopic (exact) mass is 371 g/mol. The molecule has 0 spiro atoms. The molecule has 1 N–H and O–H groups in total. The highest BCUT2D eigenvalue weighted by molar-refractivity contribution is 6.32. The highest BCUT2D eigenvalue weighted by Gasteiger charge is 2.10. The molecule has 2 heterocycles. The highest BCUT2D eigenvalue weighted by atomic mass is 35.5. The van der Waals surface area contributed by atoms with Crippen LogP contribution in [0.5, 0.6) is 0 Å². The lowest BCUT2D eigenvalue weighted by Crippen LogP contribution is -2.22. The van der Waals surface area contributed by atoms with Crippen LogP contribution in [0.15, 0.2) is 58.6 Å². The lowest BCUT2D eigenvalue weighted by molar-refractivity contribution is -0.384. The fourth-order valence-corrected chi connectivity index (χ4v) is 2.35. The maximum Gasteiger partial charge on any atom is 0.271 e. The van der Waals surface area contributed by atoms with Gasteiger partial charge in [0, 0.05) is 23.9 Å². The molecule has 1 aromatic carbocycles. The van der Waals surface area contributed by atoms with Crippen LogP contribution in [0.25, 0.3) is 5.65 Å². The van der Waals surface area contributed by atoms with Crippen LogP contribution in [-0.2, 0) is 0 Å². The Labute approximate surface area is 150 Å². The molecular formula is C16H10ClN5O4. The van der Waals surface area contributed by atoms with E-state index in [1.807, 2.05) is 0 Å². The molecule has 0 saturated heterocycles. The Morgan fingerprint density at radius 1 is 1.27 bits per heavy atom. The molecule has 130 valence electrons. The number of amides is 1. The summed E-state index contributed by atoms with van der Waals surface area (Å²) < 4.78 is 1.30. The van der Waals surface area contributed by atoms with Crippen molar-refractivity contribution in [3.05, 3.63) is 85.4 Å². The van der Waals surface area contributed by atoms with Gasteiger partial charge in [0.05, 0.1) is 16.7 Å². The zero-order valence-electron chi connectivity index (χ0n) is 13.0. The zero-order chi connectivity index (χ0) is 18.7. The van der Waals surface area contributed by atoms with E-state index in [1.165, 1.54) is 34.9 Å². The Morgan fingerprint density at radius 3 is 2.69 bits per heavy atom. The molecule has 0 atom stereocenters. The van der Waals surface area contributed by atoms with Gasteiger partial charge in [0.2, 0.25) is 0 Å². The number of hydrogen-bond acceptors (Lipinski definition) is 6. The molecule has 3 aromatic rings. The molecule has 9 nitrogen and oxygen atoms in total. The van der Waals surface area contributed by atoms with E-state index in [-0.39, 0.29) is 22.0 Å². The largest absolute Gasteiger partial charge is 0.271 e. The number of nitrogens with zero attached hydrogens (tertiary/aromatic N) is 4. The van der Waals surface area contributed by atoms with Crippen LogP contribution in [-0.4, -0.2) is 26.4 Å². The molecule has 2 aromatic heterocycles. The van der Waals surface area contributed by atoms with Gasteiger partial charge in [-0.2, -0.15) is 5.10 Å². The predicted octanol–water partition coefficient (Wildman–Crippen LogP) is 2.02. The fourth-order valence-electron chi connectivity index (χ4n) is 2.14. The van der Waals surface area contributed by atoms with E-state index in [1.54, 1.807) is 18.2 Å². The van der Waals surface area contributed by atoms with Gasteiger partial charge in [-0.05, 0) is 24.3 Å². The van der Waals surface area contributed by atoms with Crippen molar-refractivity contribution in [3.8, 4) is 0 Å². The maximum absolute atomic E-state index is 12.4. The number of hydrogen-bond donors (Lipinski definition) is 1. The van der Waals surface area contributed by atoms with Gasteiger partial charge in [0.1, 0.15) is 10.8 Å². The molecule has 0 fully saturated rings. The van der Waals surface area contributed by atoms with Crippen LogP contribution in [0.4, 0.5) is 5.69 Å². The number of nitro groups is 1. The van der Waals surface area contributed by atoms with E-state index >= 15 is 0 Å². The van der Waals surface area contributed by atoms with Crippen molar-refractivity contribution in [1.82, 2.24) is 14.8 Å². The van der Waals surface area contributed by atoms with E-state index in [4.69, 9.17) is 11.6 Å². The number of carbonyl (C=O) groups is 1. The summed E-state index contributed by atoms with van der Waals surface area (Å²) in [5.74, 6) is -0.596. The summed E-state index contributed by atoms with van der Waals surface area (Å²) >= 11 is 6.00. The molecule has 0 aliphatic heterocycles. The number of rotatable bonds is 4. The van der Waals surface area contributed by atoms with Gasteiger partial charge in [-0.25, -0.2) is 10.4 Å². The van der Waals surface area contributed by atoms with Gasteiger partial charge in [-0.1, -0.05) is 17.7 Å². The van der Waals surface area contributed by atoms with E-state index in [2.05, 4.69) is 15.5 Å².